The van der Waals surface area contributed by atoms with Gasteiger partial charge in [-0.2, -0.15) is 4.31 Å². The molecule has 3 rings (SSSR count). The standard InChI is InChI=1S/C18H27N3O5S/c1-13(14(2)19)18(22)20-6-3-7-21(9-8-20)27(23,24)15-4-5-16-17(12-15)26-11-10-25-16/h4-5,12-14H,3,6-11,19H2,1-2H3. The number of carbonyl (C=O) groups excluding carboxylic acids is 1. The largest absolute Gasteiger partial charge is 0.486 e. The molecule has 0 saturated carbocycles. The van der Waals surface area contributed by atoms with E-state index in [1.54, 1.807) is 17.9 Å². The molecule has 2 aliphatic rings. The summed E-state index contributed by atoms with van der Waals surface area (Å²) in [7, 11) is -3.67. The van der Waals surface area contributed by atoms with Gasteiger partial charge in [-0.1, -0.05) is 6.92 Å². The first kappa shape index (κ1) is 19.9. The van der Waals surface area contributed by atoms with Crippen molar-refractivity contribution < 1.29 is 22.7 Å². The van der Waals surface area contributed by atoms with Gasteiger partial charge in [0.05, 0.1) is 10.8 Å². The number of fused-ring (bicyclic) bond motifs is 1. The van der Waals surface area contributed by atoms with E-state index < -0.39 is 10.0 Å². The third-order valence-corrected chi connectivity index (χ3v) is 6.99. The van der Waals surface area contributed by atoms with Crippen molar-refractivity contribution in [1.29, 1.82) is 0 Å². The highest BCUT2D eigenvalue weighted by molar-refractivity contribution is 7.89. The smallest absolute Gasteiger partial charge is 0.243 e. The number of nitrogens with zero attached hydrogens (tertiary/aromatic N) is 2. The Balaban J connectivity index is 1.73. The van der Waals surface area contributed by atoms with Gasteiger partial charge in [0.25, 0.3) is 0 Å². The fourth-order valence-corrected chi connectivity index (χ4v) is 4.69. The predicted molar refractivity (Wildman–Crippen MR) is 100 cm³/mol. The number of hydrogen-bond donors (Lipinski definition) is 1. The van der Waals surface area contributed by atoms with Crippen LogP contribution in [0.15, 0.2) is 23.1 Å². The maximum Gasteiger partial charge on any atom is 0.243 e. The highest BCUT2D eigenvalue weighted by atomic mass is 32.2. The minimum absolute atomic E-state index is 0.0245. The zero-order chi connectivity index (χ0) is 19.6. The van der Waals surface area contributed by atoms with Crippen LogP contribution in [0.25, 0.3) is 0 Å². The molecule has 0 aromatic heterocycles. The minimum Gasteiger partial charge on any atom is -0.486 e. The summed E-state index contributed by atoms with van der Waals surface area (Å²) in [6.07, 6.45) is 0.585. The average Bonchev–Trinajstić information content (AvgIpc) is 2.93. The number of carbonyl (C=O) groups is 1. The maximum absolute atomic E-state index is 13.1. The van der Waals surface area contributed by atoms with Crippen LogP contribution in [0.4, 0.5) is 0 Å². The fourth-order valence-electron chi connectivity index (χ4n) is 3.20. The number of rotatable bonds is 4. The van der Waals surface area contributed by atoms with E-state index in [-0.39, 0.29) is 29.3 Å². The highest BCUT2D eigenvalue weighted by Crippen LogP contribution is 2.33. The van der Waals surface area contributed by atoms with Gasteiger partial charge in [0.1, 0.15) is 13.2 Å². The van der Waals surface area contributed by atoms with Crippen molar-refractivity contribution in [3.05, 3.63) is 18.2 Å². The van der Waals surface area contributed by atoms with Gasteiger partial charge in [-0.15, -0.1) is 0 Å². The molecular formula is C18H27N3O5S. The van der Waals surface area contributed by atoms with Crippen molar-refractivity contribution in [2.75, 3.05) is 39.4 Å². The molecule has 2 aliphatic heterocycles. The SMILES string of the molecule is CC(N)C(C)C(=O)N1CCCN(S(=O)(=O)c2ccc3c(c2)OCCO3)CC1. The van der Waals surface area contributed by atoms with Crippen molar-refractivity contribution in [2.24, 2.45) is 11.7 Å². The van der Waals surface area contributed by atoms with Crippen molar-refractivity contribution in [1.82, 2.24) is 9.21 Å². The third-order valence-electron chi connectivity index (χ3n) is 5.10. The molecule has 0 spiro atoms. The molecule has 1 saturated heterocycles. The first-order chi connectivity index (χ1) is 12.8. The number of nitrogens with two attached hydrogens (primary N) is 1. The molecule has 2 atom stereocenters. The second-order valence-corrected chi connectivity index (χ2v) is 8.97. The number of hydrogen-bond acceptors (Lipinski definition) is 6. The number of benzene rings is 1. The van der Waals surface area contributed by atoms with Crippen LogP contribution in [0.1, 0.15) is 20.3 Å². The second kappa shape index (κ2) is 8.04. The Labute approximate surface area is 160 Å². The zero-order valence-corrected chi connectivity index (χ0v) is 16.6. The Morgan fingerprint density at radius 3 is 2.48 bits per heavy atom. The van der Waals surface area contributed by atoms with Gasteiger partial charge >= 0.3 is 0 Å². The normalized spacial score (nSPS) is 20.6. The topological polar surface area (TPSA) is 102 Å². The maximum atomic E-state index is 13.1. The van der Waals surface area contributed by atoms with E-state index >= 15 is 0 Å². The lowest BCUT2D eigenvalue weighted by Crippen LogP contribution is -2.43. The van der Waals surface area contributed by atoms with E-state index in [4.69, 9.17) is 15.2 Å². The monoisotopic (exact) mass is 397 g/mol. The van der Waals surface area contributed by atoms with E-state index in [1.165, 1.54) is 16.4 Å². The molecule has 2 N–H and O–H groups in total. The van der Waals surface area contributed by atoms with Crippen LogP contribution in [0.3, 0.4) is 0 Å². The van der Waals surface area contributed by atoms with Gasteiger partial charge in [-0.05, 0) is 25.5 Å². The molecule has 1 fully saturated rings. The minimum atomic E-state index is -3.67. The van der Waals surface area contributed by atoms with Gasteiger partial charge < -0.3 is 20.1 Å². The molecule has 1 aromatic carbocycles. The number of sulfonamides is 1. The summed E-state index contributed by atoms with van der Waals surface area (Å²) in [4.78, 5) is 14.4. The van der Waals surface area contributed by atoms with Crippen molar-refractivity contribution in [2.45, 2.75) is 31.2 Å². The molecule has 150 valence electrons. The van der Waals surface area contributed by atoms with Gasteiger partial charge in [0, 0.05) is 38.3 Å². The van der Waals surface area contributed by atoms with Gasteiger partial charge in [-0.3, -0.25) is 4.79 Å². The lowest BCUT2D eigenvalue weighted by atomic mass is 10.0. The molecule has 1 amide bonds. The highest BCUT2D eigenvalue weighted by Gasteiger charge is 2.31. The van der Waals surface area contributed by atoms with Crippen molar-refractivity contribution in [3.8, 4) is 11.5 Å². The summed E-state index contributed by atoms with van der Waals surface area (Å²) in [5.74, 6) is 0.687. The lowest BCUT2D eigenvalue weighted by molar-refractivity contribution is -0.135. The quantitative estimate of drug-likeness (QED) is 0.801. The van der Waals surface area contributed by atoms with Crippen LogP contribution >= 0.6 is 0 Å². The van der Waals surface area contributed by atoms with Crippen LogP contribution in [0, 0.1) is 5.92 Å². The molecule has 0 aliphatic carbocycles. The third kappa shape index (κ3) is 4.20. The zero-order valence-electron chi connectivity index (χ0n) is 15.8. The van der Waals surface area contributed by atoms with Gasteiger partial charge in [-0.25, -0.2) is 8.42 Å². The van der Waals surface area contributed by atoms with Crippen LogP contribution < -0.4 is 15.2 Å². The molecule has 0 bridgehead atoms. The molecular weight excluding hydrogens is 370 g/mol. The predicted octanol–water partition coefficient (Wildman–Crippen LogP) is 0.664. The number of amides is 1. The van der Waals surface area contributed by atoms with Gasteiger partial charge in [0.2, 0.25) is 15.9 Å². The Morgan fingerprint density at radius 1 is 1.07 bits per heavy atom. The van der Waals surface area contributed by atoms with E-state index in [9.17, 15) is 13.2 Å². The molecule has 1 aromatic rings. The molecule has 2 heterocycles. The number of ether oxygens (including phenoxy) is 2. The van der Waals surface area contributed by atoms with E-state index in [2.05, 4.69) is 0 Å². The van der Waals surface area contributed by atoms with E-state index in [0.29, 0.717) is 50.8 Å². The summed E-state index contributed by atoms with van der Waals surface area (Å²) in [5, 5.41) is 0. The molecule has 2 unspecified atom stereocenters. The summed E-state index contributed by atoms with van der Waals surface area (Å²) in [6.45, 7) is 5.98. The summed E-state index contributed by atoms with van der Waals surface area (Å²) < 4.78 is 38.5. The fraction of sp³-hybridized carbons (Fsp3) is 0.611. The Kier molecular flexibility index (Phi) is 5.92. The summed E-state index contributed by atoms with van der Waals surface area (Å²) in [6, 6.07) is 4.43. The summed E-state index contributed by atoms with van der Waals surface area (Å²) >= 11 is 0. The molecule has 27 heavy (non-hydrogen) atoms. The lowest BCUT2D eigenvalue weighted by Gasteiger charge is -2.26. The summed E-state index contributed by atoms with van der Waals surface area (Å²) in [5.41, 5.74) is 5.83. The molecule has 0 radical (unpaired) electrons. The molecule has 8 nitrogen and oxygen atoms in total. The van der Waals surface area contributed by atoms with Crippen LogP contribution in [0.5, 0.6) is 11.5 Å². The van der Waals surface area contributed by atoms with E-state index in [0.717, 1.165) is 0 Å². The molecule has 9 heteroatoms. The first-order valence-corrected chi connectivity index (χ1v) is 10.7. The van der Waals surface area contributed by atoms with Crippen LogP contribution in [-0.2, 0) is 14.8 Å². The van der Waals surface area contributed by atoms with E-state index in [1.807, 2.05) is 6.92 Å². The first-order valence-electron chi connectivity index (χ1n) is 9.25. The Bertz CT molecular complexity index is 796. The van der Waals surface area contributed by atoms with Crippen molar-refractivity contribution >= 4 is 15.9 Å². The average molecular weight is 397 g/mol. The van der Waals surface area contributed by atoms with Crippen molar-refractivity contribution in [3.63, 3.8) is 0 Å². The van der Waals surface area contributed by atoms with Crippen LogP contribution in [0.2, 0.25) is 0 Å². The Morgan fingerprint density at radius 2 is 1.78 bits per heavy atom. The second-order valence-electron chi connectivity index (χ2n) is 7.04. The van der Waals surface area contributed by atoms with Crippen LogP contribution in [-0.4, -0.2) is 69.0 Å². The van der Waals surface area contributed by atoms with Gasteiger partial charge in [0.15, 0.2) is 11.5 Å². The Hall–Kier alpha value is -1.84.